The van der Waals surface area contributed by atoms with Crippen molar-refractivity contribution in [1.29, 1.82) is 0 Å². The summed E-state index contributed by atoms with van der Waals surface area (Å²) in [6, 6.07) is 15.0. The number of benzene rings is 2. The first-order chi connectivity index (χ1) is 15.5. The Labute approximate surface area is 199 Å². The quantitative estimate of drug-likeness (QED) is 0.352. The molecule has 1 atom stereocenters. The molecule has 8 heteroatoms. The fourth-order valence-corrected chi connectivity index (χ4v) is 3.74. The van der Waals surface area contributed by atoms with Gasteiger partial charge in [-0.25, -0.2) is 4.79 Å². The van der Waals surface area contributed by atoms with E-state index in [1.54, 1.807) is 0 Å². The van der Waals surface area contributed by atoms with E-state index in [0.717, 1.165) is 22.4 Å². The molecule has 2 aromatic carbocycles. The summed E-state index contributed by atoms with van der Waals surface area (Å²) in [6.45, 7) is 3.56. The molecule has 0 fully saturated rings. The summed E-state index contributed by atoms with van der Waals surface area (Å²) in [5.74, 6) is 0.616. The molecule has 0 bridgehead atoms. The van der Waals surface area contributed by atoms with Crippen LogP contribution < -0.4 is 10.2 Å². The average molecular weight is 481 g/mol. The number of ether oxygens (including phenoxy) is 2. The molecule has 0 spiro atoms. The first-order valence-corrected chi connectivity index (χ1v) is 11.5. The molecule has 0 saturated carbocycles. The Balaban J connectivity index is 2.06. The molecular weight excluding hydrogens is 451 g/mol. The first-order valence-electron chi connectivity index (χ1n) is 10.5. The van der Waals surface area contributed by atoms with Crippen LogP contribution in [0, 0.1) is 6.92 Å². The minimum absolute atomic E-state index is 0.0444. The predicted molar refractivity (Wildman–Crippen MR) is 129 cm³/mol. The standard InChI is InChI=1S/C24H30Cl2N2O4/c1-18-14-22(28(12-10-25)13-11-26)9-8-20(18)15-21(16-23(29)31-2)27-24(30)32-17-19-6-4-3-5-7-19/h3-9,14,21H,10-13,15-17H2,1-2H3,(H,27,30). The van der Waals surface area contributed by atoms with Crippen LogP contribution in [0.15, 0.2) is 48.5 Å². The summed E-state index contributed by atoms with van der Waals surface area (Å²) in [5, 5.41) is 2.80. The van der Waals surface area contributed by atoms with E-state index in [4.69, 9.17) is 32.7 Å². The maximum atomic E-state index is 12.3. The first kappa shape index (κ1) is 25.8. The number of anilines is 1. The second kappa shape index (κ2) is 13.9. The summed E-state index contributed by atoms with van der Waals surface area (Å²) >= 11 is 11.8. The number of aryl methyl sites for hydroxylation is 1. The zero-order chi connectivity index (χ0) is 23.3. The summed E-state index contributed by atoms with van der Waals surface area (Å²) in [6.07, 6.45) is -0.0671. The summed E-state index contributed by atoms with van der Waals surface area (Å²) < 4.78 is 10.1. The maximum Gasteiger partial charge on any atom is 0.407 e. The summed E-state index contributed by atoms with van der Waals surface area (Å²) in [7, 11) is 1.33. The fraction of sp³-hybridized carbons (Fsp3) is 0.417. The molecule has 6 nitrogen and oxygen atoms in total. The van der Waals surface area contributed by atoms with Crippen molar-refractivity contribution in [2.24, 2.45) is 0 Å². The number of amides is 1. The largest absolute Gasteiger partial charge is 0.469 e. The lowest BCUT2D eigenvalue weighted by molar-refractivity contribution is -0.141. The van der Waals surface area contributed by atoms with Gasteiger partial charge in [-0.05, 0) is 42.2 Å². The van der Waals surface area contributed by atoms with Crippen molar-refractivity contribution in [1.82, 2.24) is 5.32 Å². The third-order valence-electron chi connectivity index (χ3n) is 5.04. The van der Waals surface area contributed by atoms with Gasteiger partial charge in [-0.3, -0.25) is 4.79 Å². The van der Waals surface area contributed by atoms with Crippen LogP contribution in [0.3, 0.4) is 0 Å². The minimum Gasteiger partial charge on any atom is -0.469 e. The third-order valence-corrected chi connectivity index (χ3v) is 5.38. The van der Waals surface area contributed by atoms with Gasteiger partial charge in [0.05, 0.1) is 13.5 Å². The Morgan fingerprint density at radius 1 is 1.06 bits per heavy atom. The highest BCUT2D eigenvalue weighted by Crippen LogP contribution is 2.21. The van der Waals surface area contributed by atoms with Gasteiger partial charge in [-0.2, -0.15) is 0 Å². The molecule has 0 aromatic heterocycles. The van der Waals surface area contributed by atoms with E-state index >= 15 is 0 Å². The Hall–Kier alpha value is -2.44. The molecule has 0 saturated heterocycles. The third kappa shape index (κ3) is 8.60. The van der Waals surface area contributed by atoms with Crippen molar-refractivity contribution in [3.05, 3.63) is 65.2 Å². The number of esters is 1. The molecule has 0 aliphatic carbocycles. The van der Waals surface area contributed by atoms with E-state index in [9.17, 15) is 9.59 Å². The van der Waals surface area contributed by atoms with Gasteiger partial charge in [-0.1, -0.05) is 36.4 Å². The van der Waals surface area contributed by atoms with Gasteiger partial charge in [-0.15, -0.1) is 23.2 Å². The second-order valence-corrected chi connectivity index (χ2v) is 8.12. The Bertz CT molecular complexity index is 858. The van der Waals surface area contributed by atoms with E-state index in [1.165, 1.54) is 7.11 Å². The van der Waals surface area contributed by atoms with Gasteiger partial charge in [0.2, 0.25) is 0 Å². The maximum absolute atomic E-state index is 12.3. The molecule has 174 valence electrons. The van der Waals surface area contributed by atoms with E-state index in [0.29, 0.717) is 31.3 Å². The number of alkyl halides is 2. The van der Waals surface area contributed by atoms with Crippen molar-refractivity contribution < 1.29 is 19.1 Å². The molecule has 1 unspecified atom stereocenters. The SMILES string of the molecule is COC(=O)CC(Cc1ccc(N(CCCl)CCCl)cc1C)NC(=O)OCc1ccccc1. The van der Waals surface area contributed by atoms with Crippen LogP contribution in [0.25, 0.3) is 0 Å². The highest BCUT2D eigenvalue weighted by Gasteiger charge is 2.20. The second-order valence-electron chi connectivity index (χ2n) is 7.36. The molecule has 0 aliphatic heterocycles. The lowest BCUT2D eigenvalue weighted by Crippen LogP contribution is -2.38. The normalized spacial score (nSPS) is 11.5. The predicted octanol–water partition coefficient (Wildman–Crippen LogP) is 4.68. The van der Waals surface area contributed by atoms with Gasteiger partial charge in [0.25, 0.3) is 0 Å². The van der Waals surface area contributed by atoms with Crippen LogP contribution in [0.5, 0.6) is 0 Å². The van der Waals surface area contributed by atoms with Crippen LogP contribution in [0.4, 0.5) is 10.5 Å². The fourth-order valence-electron chi connectivity index (χ4n) is 3.34. The van der Waals surface area contributed by atoms with Gasteiger partial charge in [0.1, 0.15) is 6.61 Å². The van der Waals surface area contributed by atoms with Crippen LogP contribution >= 0.6 is 23.2 Å². The van der Waals surface area contributed by atoms with Crippen LogP contribution in [0.2, 0.25) is 0 Å². The van der Waals surface area contributed by atoms with E-state index in [1.807, 2.05) is 49.4 Å². The molecule has 32 heavy (non-hydrogen) atoms. The lowest BCUT2D eigenvalue weighted by Gasteiger charge is -2.24. The van der Waals surface area contributed by atoms with Gasteiger partial charge in [0, 0.05) is 36.6 Å². The highest BCUT2D eigenvalue weighted by molar-refractivity contribution is 6.18. The van der Waals surface area contributed by atoms with Crippen molar-refractivity contribution in [3.63, 3.8) is 0 Å². The van der Waals surface area contributed by atoms with E-state index in [2.05, 4.69) is 16.3 Å². The van der Waals surface area contributed by atoms with Gasteiger partial charge in [0.15, 0.2) is 0 Å². The lowest BCUT2D eigenvalue weighted by atomic mass is 9.98. The molecular formula is C24H30Cl2N2O4. The molecule has 0 heterocycles. The van der Waals surface area contributed by atoms with Crippen molar-refractivity contribution in [3.8, 4) is 0 Å². The molecule has 2 aromatic rings. The number of carbonyl (C=O) groups excluding carboxylic acids is 2. The zero-order valence-corrected chi connectivity index (χ0v) is 20.0. The van der Waals surface area contributed by atoms with Crippen molar-refractivity contribution >= 4 is 41.0 Å². The number of halogens is 2. The van der Waals surface area contributed by atoms with Gasteiger partial charge >= 0.3 is 12.1 Å². The minimum atomic E-state index is -0.576. The Morgan fingerprint density at radius 3 is 2.34 bits per heavy atom. The molecule has 1 N–H and O–H groups in total. The number of nitrogens with one attached hydrogen (secondary N) is 1. The van der Waals surface area contributed by atoms with E-state index in [-0.39, 0.29) is 13.0 Å². The van der Waals surface area contributed by atoms with Crippen LogP contribution in [0.1, 0.15) is 23.1 Å². The number of rotatable bonds is 12. The number of alkyl carbamates (subject to hydrolysis) is 1. The molecule has 2 rings (SSSR count). The Morgan fingerprint density at radius 2 is 1.75 bits per heavy atom. The Kier molecular flexibility index (Phi) is 11.2. The number of methoxy groups -OCH3 is 1. The number of hydrogen-bond acceptors (Lipinski definition) is 5. The number of hydrogen-bond donors (Lipinski definition) is 1. The topological polar surface area (TPSA) is 67.9 Å². The monoisotopic (exact) mass is 480 g/mol. The highest BCUT2D eigenvalue weighted by atomic mass is 35.5. The summed E-state index contributed by atoms with van der Waals surface area (Å²) in [4.78, 5) is 26.4. The smallest absolute Gasteiger partial charge is 0.407 e. The van der Waals surface area contributed by atoms with Gasteiger partial charge < -0.3 is 19.7 Å². The molecule has 1 amide bonds. The van der Waals surface area contributed by atoms with Crippen molar-refractivity contribution in [2.75, 3.05) is 36.9 Å². The zero-order valence-electron chi connectivity index (χ0n) is 18.5. The molecule has 0 aliphatic rings. The summed E-state index contributed by atoms with van der Waals surface area (Å²) in [5.41, 5.74) is 3.98. The van der Waals surface area contributed by atoms with Crippen LogP contribution in [-0.2, 0) is 27.3 Å². The van der Waals surface area contributed by atoms with E-state index < -0.39 is 18.1 Å². The number of nitrogens with zero attached hydrogens (tertiary/aromatic N) is 1. The number of carbonyl (C=O) groups is 2. The van der Waals surface area contributed by atoms with Crippen LogP contribution in [-0.4, -0.2) is 50.1 Å². The molecule has 0 radical (unpaired) electrons. The average Bonchev–Trinajstić information content (AvgIpc) is 2.79. The van der Waals surface area contributed by atoms with Crippen molar-refractivity contribution in [2.45, 2.75) is 32.4 Å².